The number of hydrazone groups is 1. The second-order valence-electron chi connectivity index (χ2n) is 5.58. The Morgan fingerprint density at radius 3 is 2.68 bits per heavy atom. The summed E-state index contributed by atoms with van der Waals surface area (Å²) >= 11 is 3.43. The standard InChI is InChI=1S/C19H14BrN3O5/c20-16-10-14(11-21-22-19(24)18-2-1-9-27-18)5-8-17(16)28-12-13-3-6-15(7-4-13)23(25)26/h1-11H,12H2,(H,22,24)/b21-11-. The molecule has 0 saturated heterocycles. The van der Waals surface area contributed by atoms with E-state index in [4.69, 9.17) is 9.15 Å². The van der Waals surface area contributed by atoms with E-state index in [-0.39, 0.29) is 18.1 Å². The number of halogens is 1. The molecule has 28 heavy (non-hydrogen) atoms. The molecule has 142 valence electrons. The van der Waals surface area contributed by atoms with Gasteiger partial charge in [-0.15, -0.1) is 0 Å². The molecule has 0 fully saturated rings. The number of rotatable bonds is 7. The Labute approximate surface area is 168 Å². The molecule has 0 saturated carbocycles. The van der Waals surface area contributed by atoms with Gasteiger partial charge in [-0.05, 0) is 69.5 Å². The SMILES string of the molecule is O=C(N/N=C\c1ccc(OCc2ccc([N+](=O)[O-])cc2)c(Br)c1)c1ccco1. The highest BCUT2D eigenvalue weighted by molar-refractivity contribution is 9.10. The van der Waals surface area contributed by atoms with Gasteiger partial charge >= 0.3 is 5.91 Å². The number of amides is 1. The van der Waals surface area contributed by atoms with Gasteiger partial charge in [0.15, 0.2) is 5.76 Å². The molecule has 0 unspecified atom stereocenters. The third-order valence-corrected chi connectivity index (χ3v) is 4.24. The van der Waals surface area contributed by atoms with Gasteiger partial charge in [-0.1, -0.05) is 0 Å². The Bertz CT molecular complexity index is 1000. The van der Waals surface area contributed by atoms with Gasteiger partial charge < -0.3 is 9.15 Å². The largest absolute Gasteiger partial charge is 0.488 e. The monoisotopic (exact) mass is 443 g/mol. The van der Waals surface area contributed by atoms with Crippen molar-refractivity contribution >= 4 is 33.7 Å². The molecule has 0 spiro atoms. The fraction of sp³-hybridized carbons (Fsp3) is 0.0526. The number of carbonyl (C=O) groups is 1. The lowest BCUT2D eigenvalue weighted by Crippen LogP contribution is -2.16. The molecule has 0 bridgehead atoms. The first-order valence-electron chi connectivity index (χ1n) is 8.05. The first-order chi connectivity index (χ1) is 13.5. The summed E-state index contributed by atoms with van der Waals surface area (Å²) in [5, 5.41) is 14.6. The predicted molar refractivity (Wildman–Crippen MR) is 105 cm³/mol. The van der Waals surface area contributed by atoms with Crippen molar-refractivity contribution in [3.05, 3.63) is 92.3 Å². The predicted octanol–water partition coefficient (Wildman–Crippen LogP) is 4.29. The number of nitrogens with zero attached hydrogens (tertiary/aromatic N) is 2. The average molecular weight is 444 g/mol. The molecular weight excluding hydrogens is 430 g/mol. The van der Waals surface area contributed by atoms with E-state index < -0.39 is 10.8 Å². The van der Waals surface area contributed by atoms with Gasteiger partial charge in [-0.25, -0.2) is 5.43 Å². The van der Waals surface area contributed by atoms with Crippen molar-refractivity contribution < 1.29 is 18.9 Å². The number of nitro benzene ring substituents is 1. The number of nitrogens with one attached hydrogen (secondary N) is 1. The third kappa shape index (κ3) is 5.04. The lowest BCUT2D eigenvalue weighted by atomic mass is 10.2. The molecule has 1 heterocycles. The van der Waals surface area contributed by atoms with Gasteiger partial charge in [0, 0.05) is 12.1 Å². The Hall–Kier alpha value is -3.46. The number of hydrogen-bond acceptors (Lipinski definition) is 6. The molecule has 9 heteroatoms. The average Bonchev–Trinajstić information content (AvgIpc) is 3.22. The smallest absolute Gasteiger partial charge is 0.307 e. The summed E-state index contributed by atoms with van der Waals surface area (Å²) in [5.74, 6) is 0.340. The van der Waals surface area contributed by atoms with Crippen LogP contribution in [-0.4, -0.2) is 17.0 Å². The highest BCUT2D eigenvalue weighted by Crippen LogP contribution is 2.26. The summed E-state index contributed by atoms with van der Waals surface area (Å²) in [4.78, 5) is 21.9. The van der Waals surface area contributed by atoms with Crippen molar-refractivity contribution in [1.82, 2.24) is 5.43 Å². The van der Waals surface area contributed by atoms with Crippen LogP contribution >= 0.6 is 15.9 Å². The molecule has 1 amide bonds. The number of ether oxygens (including phenoxy) is 1. The van der Waals surface area contributed by atoms with Crippen LogP contribution in [0.1, 0.15) is 21.7 Å². The summed E-state index contributed by atoms with van der Waals surface area (Å²) < 4.78 is 11.4. The van der Waals surface area contributed by atoms with Crippen molar-refractivity contribution in [3.63, 3.8) is 0 Å². The topological polar surface area (TPSA) is 107 Å². The first kappa shape index (κ1) is 19.3. The van der Waals surface area contributed by atoms with Gasteiger partial charge in [-0.2, -0.15) is 5.10 Å². The minimum absolute atomic E-state index is 0.0349. The summed E-state index contributed by atoms with van der Waals surface area (Å²) in [6, 6.07) is 14.6. The molecule has 1 N–H and O–H groups in total. The Balaban J connectivity index is 1.56. The van der Waals surface area contributed by atoms with Crippen LogP contribution in [-0.2, 0) is 6.61 Å². The molecular formula is C19H14BrN3O5. The van der Waals surface area contributed by atoms with Crippen LogP contribution in [0.4, 0.5) is 5.69 Å². The maximum absolute atomic E-state index is 11.7. The van der Waals surface area contributed by atoms with E-state index in [1.54, 1.807) is 42.5 Å². The van der Waals surface area contributed by atoms with Crippen LogP contribution in [0.5, 0.6) is 5.75 Å². The molecule has 3 aromatic rings. The molecule has 0 aliphatic heterocycles. The summed E-state index contributed by atoms with van der Waals surface area (Å²) in [7, 11) is 0. The van der Waals surface area contributed by atoms with Gasteiger partial charge in [0.1, 0.15) is 12.4 Å². The van der Waals surface area contributed by atoms with Crippen LogP contribution in [0.2, 0.25) is 0 Å². The number of non-ortho nitro benzene ring substituents is 1. The Morgan fingerprint density at radius 2 is 2.04 bits per heavy atom. The number of nitro groups is 1. The molecule has 3 rings (SSSR count). The van der Waals surface area contributed by atoms with Crippen LogP contribution in [0.25, 0.3) is 0 Å². The van der Waals surface area contributed by atoms with E-state index in [1.165, 1.54) is 24.6 Å². The zero-order chi connectivity index (χ0) is 19.9. The van der Waals surface area contributed by atoms with Crippen LogP contribution < -0.4 is 10.2 Å². The molecule has 0 aliphatic carbocycles. The summed E-state index contributed by atoms with van der Waals surface area (Å²) in [6.45, 7) is 0.267. The van der Waals surface area contributed by atoms with Crippen molar-refractivity contribution in [2.75, 3.05) is 0 Å². The number of benzene rings is 2. The second-order valence-corrected chi connectivity index (χ2v) is 6.43. The normalized spacial score (nSPS) is 10.8. The van der Waals surface area contributed by atoms with Gasteiger partial charge in [0.05, 0.1) is 21.9 Å². The minimum atomic E-state index is -0.446. The number of carbonyl (C=O) groups excluding carboxylic acids is 1. The summed E-state index contributed by atoms with van der Waals surface area (Å²) in [5.41, 5.74) is 3.96. The maximum atomic E-state index is 11.7. The van der Waals surface area contributed by atoms with Crippen molar-refractivity contribution in [2.24, 2.45) is 5.10 Å². The number of furan rings is 1. The van der Waals surface area contributed by atoms with E-state index >= 15 is 0 Å². The van der Waals surface area contributed by atoms with E-state index in [0.29, 0.717) is 10.2 Å². The highest BCUT2D eigenvalue weighted by Gasteiger charge is 2.07. The molecule has 2 aromatic carbocycles. The maximum Gasteiger partial charge on any atom is 0.307 e. The van der Waals surface area contributed by atoms with Crippen molar-refractivity contribution in [2.45, 2.75) is 6.61 Å². The van der Waals surface area contributed by atoms with E-state index in [0.717, 1.165) is 11.1 Å². The van der Waals surface area contributed by atoms with Gasteiger partial charge in [-0.3, -0.25) is 14.9 Å². The van der Waals surface area contributed by atoms with E-state index in [1.807, 2.05) is 0 Å². The number of hydrogen-bond donors (Lipinski definition) is 1. The van der Waals surface area contributed by atoms with Crippen molar-refractivity contribution in [3.8, 4) is 5.75 Å². The Morgan fingerprint density at radius 1 is 1.25 bits per heavy atom. The fourth-order valence-corrected chi connectivity index (χ4v) is 2.73. The Kier molecular flexibility index (Phi) is 6.18. The summed E-state index contributed by atoms with van der Waals surface area (Å²) in [6.07, 6.45) is 2.90. The van der Waals surface area contributed by atoms with Crippen LogP contribution in [0.3, 0.4) is 0 Å². The molecule has 0 atom stereocenters. The van der Waals surface area contributed by atoms with Crippen molar-refractivity contribution in [1.29, 1.82) is 0 Å². The zero-order valence-electron chi connectivity index (χ0n) is 14.4. The van der Waals surface area contributed by atoms with E-state index in [9.17, 15) is 14.9 Å². The van der Waals surface area contributed by atoms with E-state index in [2.05, 4.69) is 26.5 Å². The minimum Gasteiger partial charge on any atom is -0.488 e. The lowest BCUT2D eigenvalue weighted by molar-refractivity contribution is -0.384. The quantitative estimate of drug-likeness (QED) is 0.332. The molecule has 8 nitrogen and oxygen atoms in total. The van der Waals surface area contributed by atoms with Crippen LogP contribution in [0.15, 0.2) is 74.9 Å². The highest BCUT2D eigenvalue weighted by atomic mass is 79.9. The fourth-order valence-electron chi connectivity index (χ4n) is 2.22. The lowest BCUT2D eigenvalue weighted by Gasteiger charge is -2.09. The third-order valence-electron chi connectivity index (χ3n) is 3.62. The first-order valence-corrected chi connectivity index (χ1v) is 8.85. The molecule has 1 aromatic heterocycles. The zero-order valence-corrected chi connectivity index (χ0v) is 16.0. The second kappa shape index (κ2) is 8.96. The molecule has 0 radical (unpaired) electrons. The van der Waals surface area contributed by atoms with Gasteiger partial charge in [0.25, 0.3) is 5.69 Å². The molecule has 0 aliphatic rings. The van der Waals surface area contributed by atoms with Crippen LogP contribution in [0, 0.1) is 10.1 Å². The van der Waals surface area contributed by atoms with Gasteiger partial charge in [0.2, 0.25) is 0 Å².